The molecule has 4 rings (SSSR count). The van der Waals surface area contributed by atoms with Crippen LogP contribution in [0.5, 0.6) is 0 Å². The largest absolute Gasteiger partial charge is 0.259 e. The summed E-state index contributed by atoms with van der Waals surface area (Å²) >= 11 is 0. The molecule has 0 bridgehead atoms. The molecule has 0 saturated heterocycles. The van der Waals surface area contributed by atoms with Crippen molar-refractivity contribution < 1.29 is 0 Å². The molecule has 1 aromatic heterocycles. The van der Waals surface area contributed by atoms with E-state index in [0.29, 0.717) is 0 Å². The first kappa shape index (κ1) is 13.0. The van der Waals surface area contributed by atoms with Crippen LogP contribution in [0.2, 0.25) is 0 Å². The van der Waals surface area contributed by atoms with Crippen molar-refractivity contribution in [1.82, 2.24) is 4.98 Å². The number of hydrogen-bond donors (Lipinski definition) is 0. The molecular formula is C20H16N2. The second-order valence-corrected chi connectivity index (χ2v) is 5.63. The van der Waals surface area contributed by atoms with E-state index in [4.69, 9.17) is 4.99 Å². The van der Waals surface area contributed by atoms with Crippen molar-refractivity contribution in [3.8, 4) is 0 Å². The van der Waals surface area contributed by atoms with E-state index in [-0.39, 0.29) is 0 Å². The minimum atomic E-state index is 0.825. The summed E-state index contributed by atoms with van der Waals surface area (Å²) in [6, 6.07) is 21.0. The average Bonchev–Trinajstić information content (AvgIpc) is 2.72. The van der Waals surface area contributed by atoms with Crippen LogP contribution in [0.15, 0.2) is 71.9 Å². The van der Waals surface area contributed by atoms with E-state index in [1.807, 2.05) is 18.3 Å². The molecule has 0 spiro atoms. The van der Waals surface area contributed by atoms with Crippen molar-refractivity contribution in [3.63, 3.8) is 0 Å². The lowest BCUT2D eigenvalue weighted by Crippen LogP contribution is -2.05. The Labute approximate surface area is 130 Å². The first-order valence-corrected chi connectivity index (χ1v) is 7.49. The second-order valence-electron chi connectivity index (χ2n) is 5.63. The molecule has 0 aliphatic carbocycles. The van der Waals surface area contributed by atoms with Gasteiger partial charge in [-0.25, -0.2) is 4.99 Å². The van der Waals surface area contributed by atoms with Crippen LogP contribution in [-0.2, 0) is 6.42 Å². The number of benzene rings is 2. The first-order valence-electron chi connectivity index (χ1n) is 7.49. The maximum Gasteiger partial charge on any atom is 0.0856 e. The predicted molar refractivity (Wildman–Crippen MR) is 90.0 cm³/mol. The molecule has 0 N–H and O–H groups in total. The zero-order valence-corrected chi connectivity index (χ0v) is 12.5. The Morgan fingerprint density at radius 3 is 2.55 bits per heavy atom. The summed E-state index contributed by atoms with van der Waals surface area (Å²) in [6.07, 6.45) is 2.67. The number of aryl methyl sites for hydroxylation is 1. The topological polar surface area (TPSA) is 25.2 Å². The Morgan fingerprint density at radius 2 is 1.68 bits per heavy atom. The van der Waals surface area contributed by atoms with E-state index >= 15 is 0 Å². The van der Waals surface area contributed by atoms with E-state index in [0.717, 1.165) is 29.1 Å². The SMILES string of the molecule is Cc1ccc(C2=Nc3cccnc3Cc3ccccc32)cc1. The summed E-state index contributed by atoms with van der Waals surface area (Å²) in [6.45, 7) is 2.10. The number of pyridine rings is 1. The van der Waals surface area contributed by atoms with Gasteiger partial charge in [0.1, 0.15) is 0 Å². The van der Waals surface area contributed by atoms with Gasteiger partial charge in [0.25, 0.3) is 0 Å². The third-order valence-electron chi connectivity index (χ3n) is 4.05. The summed E-state index contributed by atoms with van der Waals surface area (Å²) in [4.78, 5) is 9.45. The van der Waals surface area contributed by atoms with Crippen LogP contribution >= 0.6 is 0 Å². The molecule has 22 heavy (non-hydrogen) atoms. The lowest BCUT2D eigenvalue weighted by atomic mass is 9.95. The normalized spacial score (nSPS) is 12.9. The highest BCUT2D eigenvalue weighted by molar-refractivity contribution is 6.15. The van der Waals surface area contributed by atoms with Gasteiger partial charge in [-0.2, -0.15) is 0 Å². The Balaban J connectivity index is 1.98. The van der Waals surface area contributed by atoms with E-state index in [9.17, 15) is 0 Å². The van der Waals surface area contributed by atoms with E-state index in [1.165, 1.54) is 16.7 Å². The first-order chi connectivity index (χ1) is 10.8. The Kier molecular flexibility index (Phi) is 3.08. The molecule has 0 unspecified atom stereocenters. The molecule has 0 fully saturated rings. The fraction of sp³-hybridized carbons (Fsp3) is 0.100. The lowest BCUT2D eigenvalue weighted by Gasteiger charge is -2.09. The number of rotatable bonds is 1. The number of aliphatic imine (C=N–C) groups is 1. The maximum atomic E-state index is 4.93. The summed E-state index contributed by atoms with van der Waals surface area (Å²) < 4.78 is 0. The summed E-state index contributed by atoms with van der Waals surface area (Å²) in [5.74, 6) is 0. The van der Waals surface area contributed by atoms with Crippen molar-refractivity contribution in [1.29, 1.82) is 0 Å². The molecule has 0 saturated carbocycles. The highest BCUT2D eigenvalue weighted by Gasteiger charge is 2.18. The Hall–Kier alpha value is -2.74. The van der Waals surface area contributed by atoms with Gasteiger partial charge >= 0.3 is 0 Å². The highest BCUT2D eigenvalue weighted by atomic mass is 14.8. The fourth-order valence-corrected chi connectivity index (χ4v) is 2.87. The number of fused-ring (bicyclic) bond motifs is 2. The average molecular weight is 284 g/mol. The van der Waals surface area contributed by atoms with Crippen LogP contribution in [-0.4, -0.2) is 10.7 Å². The fourth-order valence-electron chi connectivity index (χ4n) is 2.87. The molecule has 106 valence electrons. The summed E-state index contributed by atoms with van der Waals surface area (Å²) in [5, 5.41) is 0. The molecule has 0 atom stereocenters. The van der Waals surface area contributed by atoms with Gasteiger partial charge in [0.05, 0.1) is 17.1 Å². The van der Waals surface area contributed by atoms with Gasteiger partial charge in [-0.05, 0) is 24.6 Å². The molecule has 0 amide bonds. The molecule has 2 nitrogen and oxygen atoms in total. The monoisotopic (exact) mass is 284 g/mol. The molecule has 1 aliphatic heterocycles. The van der Waals surface area contributed by atoms with Gasteiger partial charge in [0.2, 0.25) is 0 Å². The van der Waals surface area contributed by atoms with Gasteiger partial charge in [0.15, 0.2) is 0 Å². The Bertz CT molecular complexity index is 861. The van der Waals surface area contributed by atoms with Crippen LogP contribution in [0.25, 0.3) is 0 Å². The van der Waals surface area contributed by atoms with Crippen LogP contribution in [0.1, 0.15) is 27.9 Å². The zero-order chi connectivity index (χ0) is 14.9. The maximum absolute atomic E-state index is 4.93. The van der Waals surface area contributed by atoms with Crippen LogP contribution < -0.4 is 0 Å². The van der Waals surface area contributed by atoms with Crippen molar-refractivity contribution in [2.45, 2.75) is 13.3 Å². The van der Waals surface area contributed by atoms with Crippen molar-refractivity contribution in [2.75, 3.05) is 0 Å². The molecule has 1 aliphatic rings. The van der Waals surface area contributed by atoms with Crippen LogP contribution in [0.3, 0.4) is 0 Å². The standard InChI is InChI=1S/C20H16N2/c1-14-8-10-15(11-9-14)20-17-6-3-2-5-16(17)13-19-18(22-20)7-4-12-21-19/h2-12H,13H2,1H3. The second kappa shape index (κ2) is 5.23. The minimum Gasteiger partial charge on any atom is -0.259 e. The molecular weight excluding hydrogens is 268 g/mol. The number of hydrogen-bond acceptors (Lipinski definition) is 2. The molecule has 3 aromatic rings. The molecule has 2 aromatic carbocycles. The van der Waals surface area contributed by atoms with E-state index in [2.05, 4.69) is 60.4 Å². The van der Waals surface area contributed by atoms with Crippen LogP contribution in [0.4, 0.5) is 5.69 Å². The molecule has 2 heteroatoms. The highest BCUT2D eigenvalue weighted by Crippen LogP contribution is 2.29. The lowest BCUT2D eigenvalue weighted by molar-refractivity contribution is 1.08. The third-order valence-corrected chi connectivity index (χ3v) is 4.05. The van der Waals surface area contributed by atoms with Gasteiger partial charge in [-0.15, -0.1) is 0 Å². The van der Waals surface area contributed by atoms with Crippen molar-refractivity contribution in [2.24, 2.45) is 4.99 Å². The van der Waals surface area contributed by atoms with Crippen molar-refractivity contribution >= 4 is 11.4 Å². The Morgan fingerprint density at radius 1 is 0.864 bits per heavy atom. The third kappa shape index (κ3) is 2.23. The number of aromatic nitrogens is 1. The summed E-state index contributed by atoms with van der Waals surface area (Å²) in [7, 11) is 0. The zero-order valence-electron chi connectivity index (χ0n) is 12.5. The minimum absolute atomic E-state index is 0.825. The molecule has 0 radical (unpaired) electrons. The smallest absolute Gasteiger partial charge is 0.0856 e. The molecule has 2 heterocycles. The van der Waals surface area contributed by atoms with Crippen molar-refractivity contribution in [3.05, 3.63) is 94.8 Å². The van der Waals surface area contributed by atoms with Gasteiger partial charge in [0, 0.05) is 23.7 Å². The van der Waals surface area contributed by atoms with E-state index < -0.39 is 0 Å². The predicted octanol–water partition coefficient (Wildman–Crippen LogP) is 4.46. The van der Waals surface area contributed by atoms with Gasteiger partial charge in [-0.3, -0.25) is 4.98 Å². The van der Waals surface area contributed by atoms with Gasteiger partial charge < -0.3 is 0 Å². The number of nitrogens with zero attached hydrogens (tertiary/aromatic N) is 2. The quantitative estimate of drug-likeness (QED) is 0.506. The van der Waals surface area contributed by atoms with E-state index in [1.54, 1.807) is 0 Å². The van der Waals surface area contributed by atoms with Crippen LogP contribution in [0, 0.1) is 6.92 Å². The summed E-state index contributed by atoms with van der Waals surface area (Å²) in [5.41, 5.74) is 7.92. The van der Waals surface area contributed by atoms with Gasteiger partial charge in [-0.1, -0.05) is 54.1 Å².